The molecule has 3 N–H and O–H groups in total. The van der Waals surface area contributed by atoms with Crippen LogP contribution in [0, 0.1) is 0 Å². The summed E-state index contributed by atoms with van der Waals surface area (Å²) in [6.45, 7) is -1.55. The van der Waals surface area contributed by atoms with Crippen molar-refractivity contribution in [1.82, 2.24) is 10.3 Å². The molecule has 0 aliphatic carbocycles. The van der Waals surface area contributed by atoms with Crippen LogP contribution in [-0.2, 0) is 0 Å². The quantitative estimate of drug-likeness (QED) is 0.776. The summed E-state index contributed by atoms with van der Waals surface area (Å²) in [5.41, 5.74) is 6.39. The molecule has 1 amide bonds. The topological polar surface area (TPSA) is 68.0 Å². The normalized spacial score (nSPS) is 11.4. The summed E-state index contributed by atoms with van der Waals surface area (Å²) in [7, 11) is 0. The molecule has 0 unspecified atom stereocenters. The van der Waals surface area contributed by atoms with Gasteiger partial charge in [0.1, 0.15) is 5.69 Å². The van der Waals surface area contributed by atoms with Crippen molar-refractivity contribution in [2.45, 2.75) is 5.92 Å². The largest absolute Gasteiger partial charge is 0.345 e. The second-order valence-electron chi connectivity index (χ2n) is 2.62. The average Bonchev–Trinajstić information content (AvgIpc) is 2.67. The summed E-state index contributed by atoms with van der Waals surface area (Å²) < 4.78 is 25.2. The number of amides is 1. The lowest BCUT2D eigenvalue weighted by molar-refractivity contribution is 0.0118. The smallest absolute Gasteiger partial charge is 0.277 e. The van der Waals surface area contributed by atoms with Gasteiger partial charge in [-0.1, -0.05) is 0 Å². The lowest BCUT2D eigenvalue weighted by Crippen LogP contribution is -2.41. The lowest BCUT2D eigenvalue weighted by atomic mass is 10.3. The van der Waals surface area contributed by atoms with Gasteiger partial charge in [0.25, 0.3) is 11.8 Å². The molecule has 1 heterocycles. The third kappa shape index (κ3) is 3.00. The van der Waals surface area contributed by atoms with Gasteiger partial charge in [-0.2, -0.15) is 0 Å². The average molecular weight is 221 g/mol. The Morgan fingerprint density at radius 2 is 2.43 bits per heavy atom. The molecule has 1 aromatic heterocycles. The van der Waals surface area contributed by atoms with E-state index in [1.807, 2.05) is 0 Å². The maximum absolute atomic E-state index is 12.6. The number of alkyl halides is 2. The van der Waals surface area contributed by atoms with Crippen molar-refractivity contribution in [1.29, 1.82) is 0 Å². The maximum atomic E-state index is 12.6. The van der Waals surface area contributed by atoms with E-state index in [2.05, 4.69) is 10.3 Å². The van der Waals surface area contributed by atoms with E-state index in [1.165, 1.54) is 22.2 Å². The minimum absolute atomic E-state index is 0.142. The molecule has 0 aliphatic heterocycles. The Morgan fingerprint density at radius 3 is 2.93 bits per heavy atom. The Kier molecular flexibility index (Phi) is 3.48. The summed E-state index contributed by atoms with van der Waals surface area (Å²) in [5.74, 6) is -3.68. The van der Waals surface area contributed by atoms with E-state index in [0.29, 0.717) is 0 Å². The van der Waals surface area contributed by atoms with E-state index in [9.17, 15) is 13.6 Å². The summed E-state index contributed by atoms with van der Waals surface area (Å²) in [5, 5.41) is 3.53. The van der Waals surface area contributed by atoms with E-state index in [4.69, 9.17) is 5.73 Å². The summed E-state index contributed by atoms with van der Waals surface area (Å²) >= 11 is 1.22. The van der Waals surface area contributed by atoms with Crippen molar-refractivity contribution >= 4 is 17.2 Å². The number of aromatic nitrogens is 1. The number of nitrogens with one attached hydrogen (secondary N) is 1. The molecule has 0 radical (unpaired) electrons. The van der Waals surface area contributed by atoms with Crippen LogP contribution < -0.4 is 11.1 Å². The number of carbonyl (C=O) groups excluding carboxylic acids is 1. The third-order valence-corrected chi connectivity index (χ3v) is 2.06. The molecule has 0 aliphatic rings. The van der Waals surface area contributed by atoms with Crippen LogP contribution in [0.1, 0.15) is 10.5 Å². The SMILES string of the molecule is NCC(F)(F)CNC(=O)c1cscn1. The Bertz CT molecular complexity index is 302. The first-order valence-corrected chi connectivity index (χ1v) is 4.74. The van der Waals surface area contributed by atoms with Crippen molar-refractivity contribution in [2.24, 2.45) is 5.73 Å². The summed E-state index contributed by atoms with van der Waals surface area (Å²) in [4.78, 5) is 14.8. The van der Waals surface area contributed by atoms with Gasteiger partial charge in [0.05, 0.1) is 18.6 Å². The molecule has 0 saturated heterocycles. The molecule has 7 heteroatoms. The molecule has 4 nitrogen and oxygen atoms in total. The minimum Gasteiger partial charge on any atom is -0.345 e. The zero-order valence-corrected chi connectivity index (χ0v) is 7.98. The highest BCUT2D eigenvalue weighted by Crippen LogP contribution is 2.09. The van der Waals surface area contributed by atoms with E-state index in [-0.39, 0.29) is 5.69 Å². The zero-order chi connectivity index (χ0) is 10.6. The fourth-order valence-corrected chi connectivity index (χ4v) is 1.23. The molecule has 0 aromatic carbocycles. The van der Waals surface area contributed by atoms with Gasteiger partial charge in [0.2, 0.25) is 0 Å². The number of carbonyl (C=O) groups is 1. The number of thiazole rings is 1. The van der Waals surface area contributed by atoms with Crippen LogP contribution in [0.4, 0.5) is 8.78 Å². The highest BCUT2D eigenvalue weighted by Gasteiger charge is 2.27. The first-order valence-electron chi connectivity index (χ1n) is 3.79. The van der Waals surface area contributed by atoms with E-state index in [1.54, 1.807) is 0 Å². The van der Waals surface area contributed by atoms with Crippen LogP contribution >= 0.6 is 11.3 Å². The van der Waals surface area contributed by atoms with Crippen LogP contribution in [0.25, 0.3) is 0 Å². The molecule has 0 atom stereocenters. The van der Waals surface area contributed by atoms with Crippen LogP contribution in [0.2, 0.25) is 0 Å². The molecule has 78 valence electrons. The summed E-state index contributed by atoms with van der Waals surface area (Å²) in [6, 6.07) is 0. The second-order valence-corrected chi connectivity index (χ2v) is 3.34. The van der Waals surface area contributed by atoms with Crippen molar-refractivity contribution in [2.75, 3.05) is 13.1 Å². The van der Waals surface area contributed by atoms with Gasteiger partial charge in [-0.15, -0.1) is 11.3 Å². The molecule has 1 aromatic rings. The molecule has 0 saturated carbocycles. The summed E-state index contributed by atoms with van der Waals surface area (Å²) in [6.07, 6.45) is 0. The van der Waals surface area contributed by atoms with Crippen LogP contribution in [-0.4, -0.2) is 29.9 Å². The number of hydrogen-bond acceptors (Lipinski definition) is 4. The Morgan fingerprint density at radius 1 is 1.71 bits per heavy atom. The van der Waals surface area contributed by atoms with Gasteiger partial charge in [0, 0.05) is 5.38 Å². The fourth-order valence-electron chi connectivity index (χ4n) is 0.697. The highest BCUT2D eigenvalue weighted by molar-refractivity contribution is 7.07. The van der Waals surface area contributed by atoms with Gasteiger partial charge < -0.3 is 11.1 Å². The lowest BCUT2D eigenvalue weighted by Gasteiger charge is -2.13. The number of nitrogens with two attached hydrogens (primary N) is 1. The van der Waals surface area contributed by atoms with E-state index >= 15 is 0 Å². The fraction of sp³-hybridized carbons (Fsp3) is 0.429. The monoisotopic (exact) mass is 221 g/mol. The van der Waals surface area contributed by atoms with Crippen LogP contribution in [0.5, 0.6) is 0 Å². The van der Waals surface area contributed by atoms with Gasteiger partial charge in [-0.25, -0.2) is 13.8 Å². The van der Waals surface area contributed by atoms with Crippen LogP contribution in [0.3, 0.4) is 0 Å². The van der Waals surface area contributed by atoms with Gasteiger partial charge in [-0.3, -0.25) is 4.79 Å². The molecule has 0 spiro atoms. The molecule has 0 bridgehead atoms. The predicted octanol–water partition coefficient (Wildman–Crippen LogP) is 0.467. The number of rotatable bonds is 4. The molecular formula is C7H9F2N3OS. The van der Waals surface area contributed by atoms with E-state index in [0.717, 1.165) is 0 Å². The van der Waals surface area contributed by atoms with Crippen molar-refractivity contribution < 1.29 is 13.6 Å². The standard InChI is InChI=1S/C7H9F2N3OS/c8-7(9,2-10)3-11-6(13)5-1-14-4-12-5/h1,4H,2-3,10H2,(H,11,13). The molecular weight excluding hydrogens is 212 g/mol. The van der Waals surface area contributed by atoms with Gasteiger partial charge in [-0.05, 0) is 0 Å². The zero-order valence-electron chi connectivity index (χ0n) is 7.17. The highest BCUT2D eigenvalue weighted by atomic mass is 32.1. The van der Waals surface area contributed by atoms with Crippen molar-refractivity contribution in [3.05, 3.63) is 16.6 Å². The van der Waals surface area contributed by atoms with Gasteiger partial charge >= 0.3 is 0 Å². The number of nitrogens with zero attached hydrogens (tertiary/aromatic N) is 1. The number of hydrogen-bond donors (Lipinski definition) is 2. The Hall–Kier alpha value is -1.08. The van der Waals surface area contributed by atoms with Crippen molar-refractivity contribution in [3.63, 3.8) is 0 Å². The molecule has 0 fully saturated rings. The maximum Gasteiger partial charge on any atom is 0.277 e. The van der Waals surface area contributed by atoms with Crippen LogP contribution in [0.15, 0.2) is 10.9 Å². The molecule has 14 heavy (non-hydrogen) atoms. The second kappa shape index (κ2) is 4.43. The van der Waals surface area contributed by atoms with Gasteiger partial charge in [0.15, 0.2) is 0 Å². The molecule has 1 rings (SSSR count). The minimum atomic E-state index is -3.06. The van der Waals surface area contributed by atoms with Crippen molar-refractivity contribution in [3.8, 4) is 0 Å². The Labute approximate surface area is 83.1 Å². The first kappa shape index (κ1) is 11.0. The van der Waals surface area contributed by atoms with E-state index < -0.39 is 24.9 Å². The number of halogens is 2. The Balaban J connectivity index is 2.43. The predicted molar refractivity (Wildman–Crippen MR) is 48.4 cm³/mol. The third-order valence-electron chi connectivity index (χ3n) is 1.47. The first-order chi connectivity index (χ1) is 6.55.